The molecule has 2 aliphatic carbocycles. The van der Waals surface area contributed by atoms with Gasteiger partial charge >= 0.3 is 0 Å². The van der Waals surface area contributed by atoms with Gasteiger partial charge in [-0.25, -0.2) is 0 Å². The van der Waals surface area contributed by atoms with Crippen molar-refractivity contribution in [3.05, 3.63) is 23.8 Å². The van der Waals surface area contributed by atoms with Crippen LogP contribution in [0.4, 0.5) is 11.4 Å². The standard InChI is InChI=1S/C25H36N4O3/c1-15(2)22-24(31)28-20-14-17(23(30)27-19-11-7-6-10-18(19)26)12-13-21(20)29(22)25(32)16-8-4-3-5-9-16/h12-16,18-19,22H,3-11,26H2,1-2H3,(H,27,30)(H,28,31). The van der Waals surface area contributed by atoms with Crippen LogP contribution in [-0.4, -0.2) is 35.8 Å². The predicted octanol–water partition coefficient (Wildman–Crippen LogP) is 3.58. The molecule has 3 amide bonds. The molecule has 7 heteroatoms. The van der Waals surface area contributed by atoms with Gasteiger partial charge in [-0.15, -0.1) is 0 Å². The van der Waals surface area contributed by atoms with Crippen molar-refractivity contribution in [2.75, 3.05) is 10.2 Å². The fourth-order valence-corrected chi connectivity index (χ4v) is 5.45. The van der Waals surface area contributed by atoms with Crippen molar-refractivity contribution < 1.29 is 14.4 Å². The van der Waals surface area contributed by atoms with Gasteiger partial charge in [-0.3, -0.25) is 19.3 Å². The Bertz CT molecular complexity index is 878. The maximum absolute atomic E-state index is 13.5. The Balaban J connectivity index is 1.61. The van der Waals surface area contributed by atoms with Crippen LogP contribution < -0.4 is 21.3 Å². The van der Waals surface area contributed by atoms with Crippen molar-refractivity contribution in [2.24, 2.45) is 17.6 Å². The number of carbonyl (C=O) groups excluding carboxylic acids is 3. The topological polar surface area (TPSA) is 105 Å². The van der Waals surface area contributed by atoms with E-state index in [-0.39, 0.29) is 41.6 Å². The number of hydrogen-bond acceptors (Lipinski definition) is 4. The van der Waals surface area contributed by atoms with Crippen molar-refractivity contribution in [1.29, 1.82) is 0 Å². The van der Waals surface area contributed by atoms with Gasteiger partial charge in [0.1, 0.15) is 6.04 Å². The minimum atomic E-state index is -0.545. The Morgan fingerprint density at radius 1 is 1.06 bits per heavy atom. The van der Waals surface area contributed by atoms with Crippen molar-refractivity contribution in [3.8, 4) is 0 Å². The number of hydrogen-bond donors (Lipinski definition) is 3. The maximum Gasteiger partial charge on any atom is 0.251 e. The van der Waals surface area contributed by atoms with Gasteiger partial charge in [0.05, 0.1) is 11.4 Å². The zero-order valence-electron chi connectivity index (χ0n) is 19.2. The SMILES string of the molecule is CC(C)C1C(=O)Nc2cc(C(=O)NC3CCCCC3N)ccc2N1C(=O)C1CCCCC1. The van der Waals surface area contributed by atoms with E-state index in [9.17, 15) is 14.4 Å². The molecule has 0 radical (unpaired) electrons. The van der Waals surface area contributed by atoms with Crippen LogP contribution in [0.2, 0.25) is 0 Å². The molecule has 0 bridgehead atoms. The summed E-state index contributed by atoms with van der Waals surface area (Å²) in [5.41, 5.74) is 7.86. The van der Waals surface area contributed by atoms with Crippen LogP contribution in [0.15, 0.2) is 18.2 Å². The molecule has 3 atom stereocenters. The molecule has 1 heterocycles. The van der Waals surface area contributed by atoms with Gasteiger partial charge in [-0.2, -0.15) is 0 Å². The third-order valence-corrected chi connectivity index (χ3v) is 7.28. The zero-order chi connectivity index (χ0) is 22.8. The van der Waals surface area contributed by atoms with Crippen LogP contribution in [0.5, 0.6) is 0 Å². The lowest BCUT2D eigenvalue weighted by atomic mass is 9.86. The highest BCUT2D eigenvalue weighted by Crippen LogP contribution is 2.38. The fraction of sp³-hybridized carbons (Fsp3) is 0.640. The first kappa shape index (κ1) is 22.8. The molecule has 4 N–H and O–H groups in total. The predicted molar refractivity (Wildman–Crippen MR) is 125 cm³/mol. The second kappa shape index (κ2) is 9.61. The number of benzene rings is 1. The minimum absolute atomic E-state index is 0.0218. The number of anilines is 2. The molecule has 32 heavy (non-hydrogen) atoms. The molecule has 3 unspecified atom stereocenters. The molecule has 4 rings (SSSR count). The Labute approximate surface area is 190 Å². The summed E-state index contributed by atoms with van der Waals surface area (Å²) in [6.07, 6.45) is 8.98. The summed E-state index contributed by atoms with van der Waals surface area (Å²) in [4.78, 5) is 41.2. The van der Waals surface area contributed by atoms with Gasteiger partial charge in [-0.1, -0.05) is 46.0 Å². The van der Waals surface area contributed by atoms with Crippen LogP contribution >= 0.6 is 0 Å². The van der Waals surface area contributed by atoms with Gasteiger partial charge < -0.3 is 16.4 Å². The first-order valence-corrected chi connectivity index (χ1v) is 12.2. The van der Waals surface area contributed by atoms with Gasteiger partial charge in [0, 0.05) is 23.6 Å². The lowest BCUT2D eigenvalue weighted by Gasteiger charge is -2.40. The molecule has 0 saturated heterocycles. The van der Waals surface area contributed by atoms with Gasteiger partial charge in [0.15, 0.2) is 0 Å². The number of fused-ring (bicyclic) bond motifs is 1. The van der Waals surface area contributed by atoms with Crippen LogP contribution in [0.25, 0.3) is 0 Å². The van der Waals surface area contributed by atoms with Crippen molar-refractivity contribution in [1.82, 2.24) is 5.32 Å². The molecule has 2 saturated carbocycles. The highest BCUT2D eigenvalue weighted by Gasteiger charge is 2.41. The van der Waals surface area contributed by atoms with Crippen LogP contribution in [0.3, 0.4) is 0 Å². The van der Waals surface area contributed by atoms with E-state index in [0.29, 0.717) is 16.9 Å². The van der Waals surface area contributed by atoms with Gasteiger partial charge in [-0.05, 0) is 49.8 Å². The molecule has 0 aromatic heterocycles. The second-order valence-electron chi connectivity index (χ2n) is 9.98. The highest BCUT2D eigenvalue weighted by atomic mass is 16.2. The first-order chi connectivity index (χ1) is 15.4. The van der Waals surface area contributed by atoms with E-state index >= 15 is 0 Å². The zero-order valence-corrected chi connectivity index (χ0v) is 19.2. The smallest absolute Gasteiger partial charge is 0.251 e. The normalized spacial score (nSPS) is 26.4. The van der Waals surface area contributed by atoms with Crippen LogP contribution in [-0.2, 0) is 9.59 Å². The molecular weight excluding hydrogens is 404 g/mol. The summed E-state index contributed by atoms with van der Waals surface area (Å²) in [6.45, 7) is 3.93. The maximum atomic E-state index is 13.5. The highest BCUT2D eigenvalue weighted by molar-refractivity contribution is 6.13. The van der Waals surface area contributed by atoms with Crippen molar-refractivity contribution in [3.63, 3.8) is 0 Å². The van der Waals surface area contributed by atoms with Crippen LogP contribution in [0, 0.1) is 11.8 Å². The summed E-state index contributed by atoms with van der Waals surface area (Å²) in [6, 6.07) is 4.64. The average Bonchev–Trinajstić information content (AvgIpc) is 2.79. The summed E-state index contributed by atoms with van der Waals surface area (Å²) < 4.78 is 0. The summed E-state index contributed by atoms with van der Waals surface area (Å²) in [5.74, 6) is -0.417. The van der Waals surface area contributed by atoms with E-state index in [0.717, 1.165) is 57.8 Å². The number of nitrogens with zero attached hydrogens (tertiary/aromatic N) is 1. The number of nitrogens with one attached hydrogen (secondary N) is 2. The number of nitrogens with two attached hydrogens (primary N) is 1. The monoisotopic (exact) mass is 440 g/mol. The molecule has 1 aromatic carbocycles. The van der Waals surface area contributed by atoms with E-state index in [4.69, 9.17) is 5.73 Å². The number of amides is 3. The summed E-state index contributed by atoms with van der Waals surface area (Å²) in [7, 11) is 0. The molecule has 0 spiro atoms. The molecule has 174 valence electrons. The Morgan fingerprint density at radius 3 is 2.44 bits per heavy atom. The van der Waals surface area contributed by atoms with Crippen molar-refractivity contribution in [2.45, 2.75) is 89.8 Å². The van der Waals surface area contributed by atoms with Crippen LogP contribution in [0.1, 0.15) is 82.0 Å². The Hall–Kier alpha value is -2.41. The molecule has 2 fully saturated rings. The average molecular weight is 441 g/mol. The number of rotatable bonds is 4. The van der Waals surface area contributed by atoms with E-state index in [1.165, 1.54) is 0 Å². The molecule has 1 aliphatic heterocycles. The quantitative estimate of drug-likeness (QED) is 0.666. The lowest BCUT2D eigenvalue weighted by Crippen LogP contribution is -2.55. The van der Waals surface area contributed by atoms with Crippen molar-refractivity contribution >= 4 is 29.1 Å². The lowest BCUT2D eigenvalue weighted by molar-refractivity contribution is -0.127. The van der Waals surface area contributed by atoms with E-state index in [1.807, 2.05) is 13.8 Å². The molecular formula is C25H36N4O3. The minimum Gasteiger partial charge on any atom is -0.348 e. The van der Waals surface area contributed by atoms with E-state index in [2.05, 4.69) is 10.6 Å². The molecule has 1 aromatic rings. The largest absolute Gasteiger partial charge is 0.348 e. The summed E-state index contributed by atoms with van der Waals surface area (Å²) in [5, 5.41) is 6.01. The fourth-order valence-electron chi connectivity index (χ4n) is 5.45. The first-order valence-electron chi connectivity index (χ1n) is 12.2. The van der Waals surface area contributed by atoms with E-state index < -0.39 is 6.04 Å². The van der Waals surface area contributed by atoms with E-state index in [1.54, 1.807) is 23.1 Å². The Kier molecular flexibility index (Phi) is 6.84. The summed E-state index contributed by atoms with van der Waals surface area (Å²) >= 11 is 0. The third kappa shape index (κ3) is 4.53. The Morgan fingerprint density at radius 2 is 1.75 bits per heavy atom. The van der Waals surface area contributed by atoms with Gasteiger partial charge in [0.2, 0.25) is 11.8 Å². The third-order valence-electron chi connectivity index (χ3n) is 7.28. The number of carbonyl (C=O) groups is 3. The molecule has 7 nitrogen and oxygen atoms in total. The second-order valence-corrected chi connectivity index (χ2v) is 9.98. The van der Waals surface area contributed by atoms with Gasteiger partial charge in [0.25, 0.3) is 5.91 Å². The molecule has 3 aliphatic rings.